The van der Waals surface area contributed by atoms with Crippen LogP contribution in [0.25, 0.3) is 0 Å². The van der Waals surface area contributed by atoms with Crippen LogP contribution in [-0.2, 0) is 6.54 Å². The number of hydrogen-bond donors (Lipinski definition) is 1. The summed E-state index contributed by atoms with van der Waals surface area (Å²) in [6.07, 6.45) is 0. The van der Waals surface area contributed by atoms with Crippen LogP contribution in [0.4, 0.5) is 0 Å². The van der Waals surface area contributed by atoms with Crippen LogP contribution in [0, 0.1) is 0 Å². The summed E-state index contributed by atoms with van der Waals surface area (Å²) in [5.41, 5.74) is 7.22. The van der Waals surface area contributed by atoms with Gasteiger partial charge in [0, 0.05) is 24.0 Å². The fraction of sp³-hybridized carbons (Fsp3) is 0.286. The Morgan fingerprint density at radius 1 is 1.45 bits per heavy atom. The third-order valence-corrected chi connectivity index (χ3v) is 4.11. The highest BCUT2D eigenvalue weighted by Gasteiger charge is 2.16. The molecule has 2 N–H and O–H groups in total. The number of amides is 1. The van der Waals surface area contributed by atoms with Crippen LogP contribution < -0.4 is 5.73 Å². The van der Waals surface area contributed by atoms with E-state index in [9.17, 15) is 4.79 Å². The van der Waals surface area contributed by atoms with Gasteiger partial charge in [-0.2, -0.15) is 0 Å². The summed E-state index contributed by atoms with van der Waals surface area (Å²) < 4.78 is 0. The van der Waals surface area contributed by atoms with Crippen LogP contribution in [0.5, 0.6) is 0 Å². The molecule has 0 saturated heterocycles. The van der Waals surface area contributed by atoms with Gasteiger partial charge >= 0.3 is 0 Å². The second-order valence-corrected chi connectivity index (χ2v) is 5.97. The summed E-state index contributed by atoms with van der Waals surface area (Å²) in [5.74, 6) is -0.108. The van der Waals surface area contributed by atoms with E-state index in [1.807, 2.05) is 31.2 Å². The quantitative estimate of drug-likeness (QED) is 0.944. The molecular weight excluding hydrogens is 294 g/mol. The van der Waals surface area contributed by atoms with E-state index < -0.39 is 0 Å². The summed E-state index contributed by atoms with van der Waals surface area (Å²) in [7, 11) is 1.75. The van der Waals surface area contributed by atoms with Gasteiger partial charge in [-0.25, -0.2) is 4.98 Å². The first-order valence-corrected chi connectivity index (χ1v) is 7.44. The van der Waals surface area contributed by atoms with Crippen molar-refractivity contribution in [1.82, 2.24) is 9.88 Å². The maximum atomic E-state index is 12.3. The van der Waals surface area contributed by atoms with E-state index in [1.165, 1.54) is 11.3 Å². The van der Waals surface area contributed by atoms with E-state index in [-0.39, 0.29) is 11.9 Å². The minimum absolute atomic E-state index is 0.108. The molecule has 1 aromatic heterocycles. The molecule has 1 aromatic carbocycles. The van der Waals surface area contributed by atoms with Crippen molar-refractivity contribution in [3.63, 3.8) is 0 Å². The minimum atomic E-state index is -0.150. The van der Waals surface area contributed by atoms with Crippen LogP contribution in [0.1, 0.15) is 34.0 Å². The van der Waals surface area contributed by atoms with Gasteiger partial charge in [0.05, 0.1) is 6.04 Å². The molecule has 4 nitrogen and oxygen atoms in total. The van der Waals surface area contributed by atoms with Gasteiger partial charge in [-0.05, 0) is 24.6 Å². The van der Waals surface area contributed by atoms with Crippen LogP contribution in [-0.4, -0.2) is 22.8 Å². The second kappa shape index (κ2) is 6.35. The third kappa shape index (κ3) is 3.56. The maximum Gasteiger partial charge on any atom is 0.273 e. The molecule has 106 valence electrons. The number of thiazole rings is 1. The lowest BCUT2D eigenvalue weighted by atomic mass is 10.2. The van der Waals surface area contributed by atoms with Crippen LogP contribution in [0.3, 0.4) is 0 Å². The molecule has 6 heteroatoms. The van der Waals surface area contributed by atoms with E-state index in [0.29, 0.717) is 17.3 Å². The lowest BCUT2D eigenvalue weighted by molar-refractivity contribution is 0.0780. The van der Waals surface area contributed by atoms with Crippen molar-refractivity contribution in [1.29, 1.82) is 0 Å². The fourth-order valence-electron chi connectivity index (χ4n) is 1.73. The highest BCUT2D eigenvalue weighted by molar-refractivity contribution is 7.09. The second-order valence-electron chi connectivity index (χ2n) is 4.65. The first-order chi connectivity index (χ1) is 9.47. The number of hydrogen-bond acceptors (Lipinski definition) is 4. The molecule has 0 bridgehead atoms. The molecule has 1 unspecified atom stereocenters. The van der Waals surface area contributed by atoms with Crippen molar-refractivity contribution in [3.05, 3.63) is 50.9 Å². The monoisotopic (exact) mass is 309 g/mol. The molecule has 0 fully saturated rings. The summed E-state index contributed by atoms with van der Waals surface area (Å²) in [5, 5.41) is 3.20. The van der Waals surface area contributed by atoms with Crippen molar-refractivity contribution >= 4 is 28.8 Å². The van der Waals surface area contributed by atoms with Gasteiger partial charge in [0.2, 0.25) is 0 Å². The molecule has 1 atom stereocenters. The van der Waals surface area contributed by atoms with Crippen molar-refractivity contribution in [2.24, 2.45) is 5.73 Å². The predicted octanol–water partition coefficient (Wildman–Crippen LogP) is 3.09. The van der Waals surface area contributed by atoms with Gasteiger partial charge in [0.15, 0.2) is 0 Å². The summed E-state index contributed by atoms with van der Waals surface area (Å²) in [6, 6.07) is 7.28. The maximum absolute atomic E-state index is 12.3. The zero-order valence-electron chi connectivity index (χ0n) is 11.3. The molecule has 1 amide bonds. The van der Waals surface area contributed by atoms with E-state index in [1.54, 1.807) is 17.3 Å². The lowest BCUT2D eigenvalue weighted by Gasteiger charge is -2.16. The first kappa shape index (κ1) is 15.0. The Kier molecular flexibility index (Phi) is 4.75. The molecular formula is C14H16ClN3OS. The van der Waals surface area contributed by atoms with Crippen LogP contribution in [0.15, 0.2) is 29.6 Å². The van der Waals surface area contributed by atoms with E-state index in [2.05, 4.69) is 4.98 Å². The normalized spacial score (nSPS) is 12.2. The molecule has 0 aliphatic rings. The van der Waals surface area contributed by atoms with Crippen molar-refractivity contribution in [2.45, 2.75) is 19.5 Å². The number of aromatic nitrogens is 1. The lowest BCUT2D eigenvalue weighted by Crippen LogP contribution is -2.26. The minimum Gasteiger partial charge on any atom is -0.336 e. The fourth-order valence-corrected chi connectivity index (χ4v) is 2.60. The Bertz CT molecular complexity index is 595. The number of halogens is 1. The number of nitrogens with two attached hydrogens (primary N) is 1. The number of benzene rings is 1. The predicted molar refractivity (Wildman–Crippen MR) is 82.0 cm³/mol. The van der Waals surface area contributed by atoms with Gasteiger partial charge in [0.1, 0.15) is 10.7 Å². The largest absolute Gasteiger partial charge is 0.336 e. The van der Waals surface area contributed by atoms with Gasteiger partial charge in [-0.3, -0.25) is 4.79 Å². The Labute approximate surface area is 127 Å². The van der Waals surface area contributed by atoms with Gasteiger partial charge in [0.25, 0.3) is 5.91 Å². The van der Waals surface area contributed by atoms with Crippen molar-refractivity contribution in [2.75, 3.05) is 7.05 Å². The molecule has 0 aliphatic carbocycles. The SMILES string of the molecule is CC(N)c1nc(C(=O)N(C)Cc2ccc(Cl)cc2)cs1. The average molecular weight is 310 g/mol. The summed E-state index contributed by atoms with van der Waals surface area (Å²) >= 11 is 7.25. The Hall–Kier alpha value is -1.43. The Morgan fingerprint density at radius 2 is 2.10 bits per heavy atom. The van der Waals surface area contributed by atoms with Crippen LogP contribution in [0.2, 0.25) is 5.02 Å². The molecule has 0 radical (unpaired) electrons. The van der Waals surface area contributed by atoms with Gasteiger partial charge in [-0.1, -0.05) is 23.7 Å². The first-order valence-electron chi connectivity index (χ1n) is 6.18. The molecule has 0 saturated carbocycles. The average Bonchev–Trinajstić information content (AvgIpc) is 2.90. The van der Waals surface area contributed by atoms with Gasteiger partial charge in [-0.15, -0.1) is 11.3 Å². The third-order valence-electron chi connectivity index (χ3n) is 2.81. The molecule has 0 spiro atoms. The highest BCUT2D eigenvalue weighted by atomic mass is 35.5. The Balaban J connectivity index is 2.06. The number of nitrogens with zero attached hydrogens (tertiary/aromatic N) is 2. The molecule has 20 heavy (non-hydrogen) atoms. The summed E-state index contributed by atoms with van der Waals surface area (Å²) in [6.45, 7) is 2.37. The molecule has 2 rings (SSSR count). The van der Waals surface area contributed by atoms with E-state index in [4.69, 9.17) is 17.3 Å². The highest BCUT2D eigenvalue weighted by Crippen LogP contribution is 2.18. The number of rotatable bonds is 4. The number of carbonyl (C=O) groups is 1. The number of carbonyl (C=O) groups excluding carboxylic acids is 1. The van der Waals surface area contributed by atoms with E-state index in [0.717, 1.165) is 10.6 Å². The molecule has 2 aromatic rings. The van der Waals surface area contributed by atoms with Crippen LogP contribution >= 0.6 is 22.9 Å². The van der Waals surface area contributed by atoms with Crippen molar-refractivity contribution in [3.8, 4) is 0 Å². The Morgan fingerprint density at radius 3 is 2.65 bits per heavy atom. The molecule has 0 aliphatic heterocycles. The molecule has 1 heterocycles. The van der Waals surface area contributed by atoms with Crippen molar-refractivity contribution < 1.29 is 4.79 Å². The topological polar surface area (TPSA) is 59.2 Å². The van der Waals surface area contributed by atoms with Gasteiger partial charge < -0.3 is 10.6 Å². The van der Waals surface area contributed by atoms with E-state index >= 15 is 0 Å². The summed E-state index contributed by atoms with van der Waals surface area (Å²) in [4.78, 5) is 18.2. The zero-order valence-corrected chi connectivity index (χ0v) is 12.9. The smallest absolute Gasteiger partial charge is 0.273 e. The standard InChI is InChI=1S/C14H16ClN3OS/c1-9(16)13-17-12(8-20-13)14(19)18(2)7-10-3-5-11(15)6-4-10/h3-6,8-9H,7,16H2,1-2H3. The zero-order chi connectivity index (χ0) is 14.7.